The van der Waals surface area contributed by atoms with Crippen LogP contribution < -0.4 is 10.6 Å². The number of aryl methyl sites for hydroxylation is 1. The molecule has 1 aliphatic rings. The van der Waals surface area contributed by atoms with Crippen molar-refractivity contribution in [2.24, 2.45) is 5.92 Å². The summed E-state index contributed by atoms with van der Waals surface area (Å²) < 4.78 is 7.14. The van der Waals surface area contributed by atoms with E-state index in [2.05, 4.69) is 20.8 Å². The van der Waals surface area contributed by atoms with Gasteiger partial charge in [0.15, 0.2) is 5.82 Å². The molecule has 1 saturated heterocycles. The quantitative estimate of drug-likeness (QED) is 0.781. The lowest BCUT2D eigenvalue weighted by molar-refractivity contribution is 0.185. The summed E-state index contributed by atoms with van der Waals surface area (Å²) in [5.74, 6) is 1.20. The molecule has 0 bridgehead atoms. The first kappa shape index (κ1) is 12.8. The summed E-state index contributed by atoms with van der Waals surface area (Å²) in [6, 6.07) is -0.174. The van der Waals surface area contributed by atoms with Gasteiger partial charge in [0, 0.05) is 25.6 Å². The third-order valence-corrected chi connectivity index (χ3v) is 3.02. The van der Waals surface area contributed by atoms with Crippen LogP contribution in [0.3, 0.4) is 0 Å². The molecule has 1 atom stereocenters. The molecule has 1 aliphatic heterocycles. The van der Waals surface area contributed by atoms with Crippen LogP contribution in [-0.4, -0.2) is 40.6 Å². The number of hydrogen-bond acceptors (Lipinski definition) is 4. The van der Waals surface area contributed by atoms with E-state index in [-0.39, 0.29) is 6.03 Å². The Kier molecular flexibility index (Phi) is 4.52. The van der Waals surface area contributed by atoms with Crippen LogP contribution in [0.2, 0.25) is 0 Å². The van der Waals surface area contributed by atoms with E-state index in [1.807, 2.05) is 11.5 Å². The minimum atomic E-state index is -0.174. The van der Waals surface area contributed by atoms with E-state index in [0.717, 1.165) is 32.0 Å². The number of urea groups is 1. The van der Waals surface area contributed by atoms with Gasteiger partial charge in [-0.2, -0.15) is 0 Å². The van der Waals surface area contributed by atoms with Crippen molar-refractivity contribution in [2.75, 3.05) is 19.8 Å². The third kappa shape index (κ3) is 3.43. The standard InChI is InChI=1S/C11H19N5O2/c1-2-16-8-14-15-10(16)6-13-11(17)12-5-9-3-4-18-7-9/h8-9H,2-7H2,1H3,(H2,12,13,17). The number of nitrogens with one attached hydrogen (secondary N) is 2. The molecule has 0 radical (unpaired) electrons. The van der Waals surface area contributed by atoms with Crippen LogP contribution in [0.15, 0.2) is 6.33 Å². The van der Waals surface area contributed by atoms with E-state index >= 15 is 0 Å². The van der Waals surface area contributed by atoms with Gasteiger partial charge in [0.1, 0.15) is 6.33 Å². The number of carbonyl (C=O) groups is 1. The molecule has 1 fully saturated rings. The zero-order chi connectivity index (χ0) is 12.8. The van der Waals surface area contributed by atoms with Crippen LogP contribution in [0.25, 0.3) is 0 Å². The Bertz CT molecular complexity index is 387. The van der Waals surface area contributed by atoms with Crippen LogP contribution in [0.4, 0.5) is 4.79 Å². The van der Waals surface area contributed by atoms with Gasteiger partial charge in [-0.1, -0.05) is 0 Å². The minimum Gasteiger partial charge on any atom is -0.381 e. The zero-order valence-electron chi connectivity index (χ0n) is 10.6. The number of ether oxygens (including phenoxy) is 1. The van der Waals surface area contributed by atoms with Crippen LogP contribution in [-0.2, 0) is 17.8 Å². The Hall–Kier alpha value is -1.63. The number of aromatic nitrogens is 3. The molecule has 7 heteroatoms. The molecule has 1 unspecified atom stereocenters. The van der Waals surface area contributed by atoms with Gasteiger partial charge in [-0.15, -0.1) is 10.2 Å². The Morgan fingerprint density at radius 1 is 1.61 bits per heavy atom. The van der Waals surface area contributed by atoms with Crippen LogP contribution in [0, 0.1) is 5.92 Å². The summed E-state index contributed by atoms with van der Waals surface area (Å²) in [4.78, 5) is 11.6. The minimum absolute atomic E-state index is 0.174. The number of carbonyl (C=O) groups excluding carboxylic acids is 1. The van der Waals surface area contributed by atoms with Crippen molar-refractivity contribution >= 4 is 6.03 Å². The number of hydrogen-bond donors (Lipinski definition) is 2. The van der Waals surface area contributed by atoms with Crippen molar-refractivity contribution in [1.82, 2.24) is 25.4 Å². The fraction of sp³-hybridized carbons (Fsp3) is 0.727. The average Bonchev–Trinajstić information content (AvgIpc) is 3.04. The van der Waals surface area contributed by atoms with Crippen LogP contribution >= 0.6 is 0 Å². The molecule has 0 spiro atoms. The van der Waals surface area contributed by atoms with E-state index in [1.165, 1.54) is 0 Å². The summed E-state index contributed by atoms with van der Waals surface area (Å²) in [6.07, 6.45) is 2.68. The number of rotatable bonds is 5. The largest absolute Gasteiger partial charge is 0.381 e. The van der Waals surface area contributed by atoms with Gasteiger partial charge < -0.3 is 19.9 Å². The highest BCUT2D eigenvalue weighted by Crippen LogP contribution is 2.10. The molecule has 7 nitrogen and oxygen atoms in total. The summed E-state index contributed by atoms with van der Waals surface area (Å²) >= 11 is 0. The first-order valence-corrected chi connectivity index (χ1v) is 6.25. The molecule has 2 rings (SSSR count). The third-order valence-electron chi connectivity index (χ3n) is 3.02. The van der Waals surface area contributed by atoms with Gasteiger partial charge in [0.2, 0.25) is 0 Å². The first-order chi connectivity index (χ1) is 8.79. The first-order valence-electron chi connectivity index (χ1n) is 6.25. The monoisotopic (exact) mass is 253 g/mol. The molecule has 1 aromatic heterocycles. The fourth-order valence-corrected chi connectivity index (χ4v) is 1.88. The maximum Gasteiger partial charge on any atom is 0.315 e. The highest BCUT2D eigenvalue weighted by molar-refractivity contribution is 5.73. The van der Waals surface area contributed by atoms with Crippen molar-refractivity contribution < 1.29 is 9.53 Å². The molecule has 2 amide bonds. The zero-order valence-corrected chi connectivity index (χ0v) is 10.6. The molecular formula is C11H19N5O2. The second-order valence-corrected chi connectivity index (χ2v) is 4.33. The Balaban J connectivity index is 1.68. The van der Waals surface area contributed by atoms with Crippen molar-refractivity contribution in [3.63, 3.8) is 0 Å². The van der Waals surface area contributed by atoms with Crippen molar-refractivity contribution in [2.45, 2.75) is 26.4 Å². The van der Waals surface area contributed by atoms with Crippen molar-refractivity contribution in [3.05, 3.63) is 12.2 Å². The highest BCUT2D eigenvalue weighted by Gasteiger charge is 2.16. The molecule has 18 heavy (non-hydrogen) atoms. The normalized spacial score (nSPS) is 18.8. The average molecular weight is 253 g/mol. The van der Waals surface area contributed by atoms with Crippen molar-refractivity contribution in [3.8, 4) is 0 Å². The fourth-order valence-electron chi connectivity index (χ4n) is 1.88. The van der Waals surface area contributed by atoms with Crippen LogP contribution in [0.5, 0.6) is 0 Å². The van der Waals surface area contributed by atoms with E-state index in [9.17, 15) is 4.79 Å². The molecule has 0 aliphatic carbocycles. The van der Waals surface area contributed by atoms with Crippen molar-refractivity contribution in [1.29, 1.82) is 0 Å². The van der Waals surface area contributed by atoms with E-state index < -0.39 is 0 Å². The number of nitrogens with zero attached hydrogens (tertiary/aromatic N) is 3. The molecule has 2 heterocycles. The lowest BCUT2D eigenvalue weighted by Crippen LogP contribution is -2.38. The van der Waals surface area contributed by atoms with Gasteiger partial charge in [-0.05, 0) is 13.3 Å². The van der Waals surface area contributed by atoms with E-state index in [1.54, 1.807) is 6.33 Å². The van der Waals surface area contributed by atoms with Gasteiger partial charge in [0.05, 0.1) is 13.2 Å². The maximum absolute atomic E-state index is 11.6. The summed E-state index contributed by atoms with van der Waals surface area (Å²) in [5.41, 5.74) is 0. The van der Waals surface area contributed by atoms with Gasteiger partial charge in [-0.3, -0.25) is 0 Å². The lowest BCUT2D eigenvalue weighted by atomic mass is 10.1. The summed E-state index contributed by atoms with van der Waals surface area (Å²) in [7, 11) is 0. The second-order valence-electron chi connectivity index (χ2n) is 4.33. The molecular weight excluding hydrogens is 234 g/mol. The molecule has 1 aromatic rings. The number of amides is 2. The Labute approximate surface area is 106 Å². The second kappa shape index (κ2) is 6.34. The highest BCUT2D eigenvalue weighted by atomic mass is 16.5. The Morgan fingerprint density at radius 3 is 3.22 bits per heavy atom. The van der Waals surface area contributed by atoms with Crippen LogP contribution in [0.1, 0.15) is 19.2 Å². The molecule has 0 saturated carbocycles. The summed E-state index contributed by atoms with van der Waals surface area (Å²) in [5, 5.41) is 13.4. The van der Waals surface area contributed by atoms with Gasteiger partial charge in [-0.25, -0.2) is 4.79 Å². The summed E-state index contributed by atoms with van der Waals surface area (Å²) in [6.45, 7) is 5.39. The van der Waals surface area contributed by atoms with Gasteiger partial charge >= 0.3 is 6.03 Å². The predicted octanol–water partition coefficient (Wildman–Crippen LogP) is 0.134. The molecule has 0 aromatic carbocycles. The smallest absolute Gasteiger partial charge is 0.315 e. The maximum atomic E-state index is 11.6. The lowest BCUT2D eigenvalue weighted by Gasteiger charge is -2.10. The SMILES string of the molecule is CCn1cnnc1CNC(=O)NCC1CCOC1. The molecule has 100 valence electrons. The van der Waals surface area contributed by atoms with E-state index in [0.29, 0.717) is 19.0 Å². The topological polar surface area (TPSA) is 81.1 Å². The molecule has 2 N–H and O–H groups in total. The van der Waals surface area contributed by atoms with Gasteiger partial charge in [0.25, 0.3) is 0 Å². The predicted molar refractivity (Wildman–Crippen MR) is 64.9 cm³/mol. The Morgan fingerprint density at radius 2 is 2.50 bits per heavy atom. The van der Waals surface area contributed by atoms with E-state index in [4.69, 9.17) is 4.74 Å².